The third kappa shape index (κ3) is 2.74. The smallest absolute Gasteiger partial charge is 0.179 e. The summed E-state index contributed by atoms with van der Waals surface area (Å²) < 4.78 is 14.2. The summed E-state index contributed by atoms with van der Waals surface area (Å²) in [6, 6.07) is 6.01. The maximum atomic E-state index is 11.2. The molecule has 0 aliphatic carbocycles. The lowest BCUT2D eigenvalue weighted by atomic mass is 10.1. The molecule has 1 N–H and O–H groups in total. The van der Waals surface area contributed by atoms with E-state index in [4.69, 9.17) is 0 Å². The fourth-order valence-electron chi connectivity index (χ4n) is 1.10. The zero-order valence-electron chi connectivity index (χ0n) is 7.96. The minimum atomic E-state index is -1.03. The molecule has 0 saturated heterocycles. The van der Waals surface area contributed by atoms with Crippen LogP contribution in [0.1, 0.15) is 11.1 Å². The molecule has 0 amide bonds. The lowest BCUT2D eigenvalue weighted by molar-refractivity contribution is 0.694. The number of benzene rings is 1. The van der Waals surface area contributed by atoms with Crippen LogP contribution < -0.4 is 4.72 Å². The van der Waals surface area contributed by atoms with Crippen LogP contribution in [0.4, 0.5) is 5.69 Å². The Bertz CT molecular complexity index is 305. The van der Waals surface area contributed by atoms with Gasteiger partial charge in [0.1, 0.15) is 0 Å². The van der Waals surface area contributed by atoms with Crippen LogP contribution in [0, 0.1) is 13.8 Å². The standard InChI is InChI=1S/C9H13NOS2/c1-7-5-4-6-8(2)9(7)10-13(11)12-3/h4-6,10H,1-3H3. The maximum Gasteiger partial charge on any atom is 0.179 e. The van der Waals surface area contributed by atoms with Crippen molar-refractivity contribution >= 4 is 26.5 Å². The minimum Gasteiger partial charge on any atom is -0.296 e. The Morgan fingerprint density at radius 2 is 1.85 bits per heavy atom. The van der Waals surface area contributed by atoms with Crippen LogP contribution >= 0.6 is 10.8 Å². The van der Waals surface area contributed by atoms with E-state index in [0.717, 1.165) is 16.8 Å². The summed E-state index contributed by atoms with van der Waals surface area (Å²) in [5, 5.41) is 0. The predicted molar refractivity (Wildman–Crippen MR) is 61.2 cm³/mol. The lowest BCUT2D eigenvalue weighted by Crippen LogP contribution is -2.02. The third-order valence-electron chi connectivity index (χ3n) is 1.82. The van der Waals surface area contributed by atoms with E-state index in [0.29, 0.717) is 0 Å². The van der Waals surface area contributed by atoms with Gasteiger partial charge in [-0.3, -0.25) is 4.72 Å². The number of anilines is 1. The van der Waals surface area contributed by atoms with Gasteiger partial charge in [0.05, 0.1) is 5.69 Å². The Morgan fingerprint density at radius 1 is 1.31 bits per heavy atom. The van der Waals surface area contributed by atoms with Gasteiger partial charge in [-0.05, 0) is 42.0 Å². The highest BCUT2D eigenvalue weighted by molar-refractivity contribution is 8.69. The number of aryl methyl sites for hydroxylation is 2. The van der Waals surface area contributed by atoms with Crippen LogP contribution in [0.5, 0.6) is 0 Å². The van der Waals surface area contributed by atoms with E-state index in [1.165, 1.54) is 10.8 Å². The normalized spacial score (nSPS) is 12.5. The van der Waals surface area contributed by atoms with Gasteiger partial charge in [-0.2, -0.15) is 0 Å². The van der Waals surface area contributed by atoms with Gasteiger partial charge in [0, 0.05) is 0 Å². The summed E-state index contributed by atoms with van der Waals surface area (Å²) in [7, 11) is 0.266. The largest absolute Gasteiger partial charge is 0.296 e. The van der Waals surface area contributed by atoms with Crippen LogP contribution in [-0.2, 0) is 10.0 Å². The zero-order chi connectivity index (χ0) is 9.84. The quantitative estimate of drug-likeness (QED) is 0.785. The fourth-order valence-corrected chi connectivity index (χ4v) is 2.17. The molecule has 0 aromatic heterocycles. The summed E-state index contributed by atoms with van der Waals surface area (Å²) in [5.41, 5.74) is 3.24. The van der Waals surface area contributed by atoms with E-state index in [9.17, 15) is 4.21 Å². The Labute approximate surface area is 85.1 Å². The molecule has 1 rings (SSSR count). The molecular formula is C9H13NOS2. The van der Waals surface area contributed by atoms with E-state index in [1.807, 2.05) is 38.3 Å². The van der Waals surface area contributed by atoms with E-state index >= 15 is 0 Å². The van der Waals surface area contributed by atoms with Crippen molar-refractivity contribution in [3.05, 3.63) is 29.3 Å². The molecule has 0 radical (unpaired) electrons. The van der Waals surface area contributed by atoms with Crippen molar-refractivity contribution < 1.29 is 4.21 Å². The highest BCUT2D eigenvalue weighted by Gasteiger charge is 2.03. The Kier molecular flexibility index (Phi) is 3.81. The maximum absolute atomic E-state index is 11.2. The van der Waals surface area contributed by atoms with Gasteiger partial charge >= 0.3 is 0 Å². The van der Waals surface area contributed by atoms with Crippen molar-refractivity contribution in [2.45, 2.75) is 13.8 Å². The van der Waals surface area contributed by atoms with E-state index in [1.54, 1.807) is 0 Å². The SMILES string of the molecule is CSS(=O)Nc1c(C)cccc1C. The molecule has 0 aliphatic heterocycles. The van der Waals surface area contributed by atoms with E-state index in [-0.39, 0.29) is 0 Å². The summed E-state index contributed by atoms with van der Waals surface area (Å²) in [6.07, 6.45) is 1.82. The molecule has 1 aromatic rings. The molecule has 1 unspecified atom stereocenters. The summed E-state index contributed by atoms with van der Waals surface area (Å²) >= 11 is 0. The van der Waals surface area contributed by atoms with Crippen molar-refractivity contribution in [1.82, 2.24) is 0 Å². The fraction of sp³-hybridized carbons (Fsp3) is 0.333. The minimum absolute atomic E-state index is 0.982. The molecule has 0 spiro atoms. The average Bonchev–Trinajstić information content (AvgIpc) is 2.11. The second-order valence-electron chi connectivity index (χ2n) is 2.77. The topological polar surface area (TPSA) is 29.1 Å². The van der Waals surface area contributed by atoms with Crippen molar-refractivity contribution in [2.24, 2.45) is 0 Å². The van der Waals surface area contributed by atoms with Crippen molar-refractivity contribution in [1.29, 1.82) is 0 Å². The number of hydrogen-bond acceptors (Lipinski definition) is 2. The monoisotopic (exact) mass is 215 g/mol. The van der Waals surface area contributed by atoms with Crippen molar-refractivity contribution in [3.63, 3.8) is 0 Å². The Balaban J connectivity index is 2.93. The van der Waals surface area contributed by atoms with Gasteiger partial charge < -0.3 is 0 Å². The molecule has 0 bridgehead atoms. The highest BCUT2D eigenvalue weighted by Crippen LogP contribution is 2.21. The lowest BCUT2D eigenvalue weighted by Gasteiger charge is -2.09. The number of rotatable bonds is 3. The molecule has 0 heterocycles. The van der Waals surface area contributed by atoms with E-state index in [2.05, 4.69) is 4.72 Å². The van der Waals surface area contributed by atoms with Crippen LogP contribution in [0.15, 0.2) is 18.2 Å². The van der Waals surface area contributed by atoms with Gasteiger partial charge in [-0.1, -0.05) is 18.2 Å². The number of para-hydroxylation sites is 1. The molecule has 0 fully saturated rings. The summed E-state index contributed by atoms with van der Waals surface area (Å²) in [5.74, 6) is 0. The van der Waals surface area contributed by atoms with Crippen LogP contribution in [-0.4, -0.2) is 10.5 Å². The number of hydrogen-bond donors (Lipinski definition) is 1. The van der Waals surface area contributed by atoms with Gasteiger partial charge in [0.2, 0.25) is 0 Å². The molecule has 1 aromatic carbocycles. The summed E-state index contributed by atoms with van der Waals surface area (Å²) in [4.78, 5) is 0. The van der Waals surface area contributed by atoms with Crippen molar-refractivity contribution in [3.8, 4) is 0 Å². The van der Waals surface area contributed by atoms with Gasteiger partial charge in [0.25, 0.3) is 0 Å². The molecule has 13 heavy (non-hydrogen) atoms. The first-order valence-electron chi connectivity index (χ1n) is 3.94. The first-order valence-corrected chi connectivity index (χ1v) is 6.83. The highest BCUT2D eigenvalue weighted by atomic mass is 33.1. The Morgan fingerprint density at radius 3 is 2.31 bits per heavy atom. The molecule has 0 saturated carbocycles. The predicted octanol–water partition coefficient (Wildman–Crippen LogP) is 2.66. The third-order valence-corrected chi connectivity index (χ3v) is 3.65. The summed E-state index contributed by atoms with van der Waals surface area (Å²) in [6.45, 7) is 4.01. The van der Waals surface area contributed by atoms with E-state index < -0.39 is 10.0 Å². The van der Waals surface area contributed by atoms with Gasteiger partial charge in [-0.15, -0.1) is 0 Å². The number of nitrogens with one attached hydrogen (secondary N) is 1. The first-order chi connectivity index (χ1) is 6.15. The average molecular weight is 215 g/mol. The second-order valence-corrected chi connectivity index (χ2v) is 5.69. The molecule has 1 atom stereocenters. The zero-order valence-corrected chi connectivity index (χ0v) is 9.59. The Hall–Kier alpha value is -0.480. The van der Waals surface area contributed by atoms with Crippen LogP contribution in [0.25, 0.3) is 0 Å². The van der Waals surface area contributed by atoms with Gasteiger partial charge in [-0.25, -0.2) is 4.21 Å². The van der Waals surface area contributed by atoms with Crippen LogP contribution in [0.2, 0.25) is 0 Å². The molecule has 4 heteroatoms. The molecule has 72 valence electrons. The second kappa shape index (κ2) is 4.67. The van der Waals surface area contributed by atoms with Crippen LogP contribution in [0.3, 0.4) is 0 Å². The molecule has 2 nitrogen and oxygen atoms in total. The van der Waals surface area contributed by atoms with Gasteiger partial charge in [0.15, 0.2) is 10.0 Å². The van der Waals surface area contributed by atoms with Crippen molar-refractivity contribution in [2.75, 3.05) is 11.0 Å². The first kappa shape index (κ1) is 10.6. The molecular weight excluding hydrogens is 202 g/mol. The molecule has 0 aliphatic rings.